The molecule has 152 valence electrons. The van der Waals surface area contributed by atoms with E-state index in [1.54, 1.807) is 61.5 Å². The Balaban J connectivity index is 1.68. The molecule has 0 N–H and O–H groups in total. The molecule has 0 unspecified atom stereocenters. The Labute approximate surface area is 177 Å². The topological polar surface area (TPSA) is 96.7 Å². The summed E-state index contributed by atoms with van der Waals surface area (Å²) in [5.74, 6) is -0.366. The lowest BCUT2D eigenvalue weighted by Gasteiger charge is -2.13. The molecular weight excluding hydrogens is 404 g/mol. The molecule has 1 fully saturated rings. The summed E-state index contributed by atoms with van der Waals surface area (Å²) in [6.07, 6.45) is 1.62. The third-order valence-corrected chi connectivity index (χ3v) is 5.09. The molecule has 0 atom stereocenters. The van der Waals surface area contributed by atoms with Crippen LogP contribution in [0.1, 0.15) is 23.6 Å². The average molecular weight is 422 g/mol. The van der Waals surface area contributed by atoms with E-state index in [1.165, 1.54) is 0 Å². The summed E-state index contributed by atoms with van der Waals surface area (Å²) in [6, 6.07) is 15.7. The van der Waals surface area contributed by atoms with Gasteiger partial charge in [-0.05, 0) is 54.1 Å². The van der Waals surface area contributed by atoms with E-state index in [1.807, 2.05) is 0 Å². The van der Waals surface area contributed by atoms with Crippen LogP contribution in [-0.4, -0.2) is 35.2 Å². The molecule has 0 saturated carbocycles. The van der Waals surface area contributed by atoms with Gasteiger partial charge in [0, 0.05) is 0 Å². The molecule has 3 rings (SSSR count). The normalized spacial score (nSPS) is 14.7. The smallest absolute Gasteiger partial charge is 0.344 e. The van der Waals surface area contributed by atoms with Gasteiger partial charge in [0.05, 0.1) is 29.7 Å². The Morgan fingerprint density at radius 1 is 1.17 bits per heavy atom. The number of esters is 1. The van der Waals surface area contributed by atoms with Crippen LogP contribution in [-0.2, 0) is 20.9 Å². The van der Waals surface area contributed by atoms with Crippen molar-refractivity contribution in [2.75, 3.05) is 13.2 Å². The second-order valence-corrected chi connectivity index (χ2v) is 7.19. The van der Waals surface area contributed by atoms with E-state index < -0.39 is 11.9 Å². The van der Waals surface area contributed by atoms with E-state index in [-0.39, 0.29) is 25.0 Å². The molecule has 2 amide bonds. The summed E-state index contributed by atoms with van der Waals surface area (Å²) in [5, 5.41) is 8.82. The summed E-state index contributed by atoms with van der Waals surface area (Å²) in [6.45, 7) is 1.87. The lowest BCUT2D eigenvalue weighted by Crippen LogP contribution is -2.27. The third kappa shape index (κ3) is 5.07. The molecule has 1 aliphatic rings. The molecule has 1 saturated heterocycles. The molecule has 2 aromatic rings. The van der Waals surface area contributed by atoms with Crippen molar-refractivity contribution in [1.29, 1.82) is 5.26 Å². The number of hydrogen-bond acceptors (Lipinski definition) is 7. The van der Waals surface area contributed by atoms with Crippen molar-refractivity contribution < 1.29 is 23.9 Å². The van der Waals surface area contributed by atoms with Crippen molar-refractivity contribution in [2.45, 2.75) is 13.5 Å². The fourth-order valence-electron chi connectivity index (χ4n) is 2.73. The van der Waals surface area contributed by atoms with Gasteiger partial charge in [-0.3, -0.25) is 14.5 Å². The van der Waals surface area contributed by atoms with Crippen LogP contribution in [0.2, 0.25) is 0 Å². The van der Waals surface area contributed by atoms with Crippen LogP contribution in [0.4, 0.5) is 4.79 Å². The van der Waals surface area contributed by atoms with Crippen LogP contribution in [0.5, 0.6) is 5.75 Å². The Bertz CT molecular complexity index is 1040. The first-order valence-corrected chi connectivity index (χ1v) is 9.95. The summed E-state index contributed by atoms with van der Waals surface area (Å²) in [4.78, 5) is 37.8. The van der Waals surface area contributed by atoms with E-state index in [0.29, 0.717) is 27.3 Å². The SMILES string of the molecule is CCOC(=O)COc1ccc(/C=C2\SC(=O)N(Cc3ccccc3C#N)C2=O)cc1. The number of amides is 2. The first-order chi connectivity index (χ1) is 14.5. The van der Waals surface area contributed by atoms with Gasteiger partial charge in [-0.25, -0.2) is 4.79 Å². The van der Waals surface area contributed by atoms with Gasteiger partial charge in [-0.15, -0.1) is 0 Å². The van der Waals surface area contributed by atoms with E-state index in [2.05, 4.69) is 6.07 Å². The van der Waals surface area contributed by atoms with Crippen LogP contribution in [0, 0.1) is 11.3 Å². The number of imide groups is 1. The number of hydrogen-bond donors (Lipinski definition) is 0. The molecule has 0 spiro atoms. The van der Waals surface area contributed by atoms with Crippen molar-refractivity contribution >= 4 is 35.0 Å². The van der Waals surface area contributed by atoms with Crippen LogP contribution in [0.15, 0.2) is 53.4 Å². The predicted molar refractivity (Wildman–Crippen MR) is 111 cm³/mol. The van der Waals surface area contributed by atoms with Gasteiger partial charge >= 0.3 is 5.97 Å². The molecule has 2 aromatic carbocycles. The second kappa shape index (κ2) is 9.76. The van der Waals surface area contributed by atoms with Crippen molar-refractivity contribution in [2.24, 2.45) is 0 Å². The van der Waals surface area contributed by atoms with Gasteiger partial charge in [-0.1, -0.05) is 30.3 Å². The van der Waals surface area contributed by atoms with E-state index in [0.717, 1.165) is 16.7 Å². The minimum absolute atomic E-state index is 0.0480. The highest BCUT2D eigenvalue weighted by Crippen LogP contribution is 2.33. The molecule has 0 bridgehead atoms. The molecule has 30 heavy (non-hydrogen) atoms. The van der Waals surface area contributed by atoms with Gasteiger partial charge in [-0.2, -0.15) is 5.26 Å². The highest BCUT2D eigenvalue weighted by molar-refractivity contribution is 8.18. The summed E-state index contributed by atoms with van der Waals surface area (Å²) in [5.41, 5.74) is 1.76. The largest absolute Gasteiger partial charge is 0.482 e. The monoisotopic (exact) mass is 422 g/mol. The zero-order valence-electron chi connectivity index (χ0n) is 16.2. The lowest BCUT2D eigenvalue weighted by atomic mass is 10.1. The fraction of sp³-hybridized carbons (Fsp3) is 0.182. The van der Waals surface area contributed by atoms with Crippen LogP contribution in [0.25, 0.3) is 6.08 Å². The predicted octanol–water partition coefficient (Wildman–Crippen LogP) is 3.74. The van der Waals surface area contributed by atoms with Crippen LogP contribution in [0.3, 0.4) is 0 Å². The van der Waals surface area contributed by atoms with Gasteiger partial charge in [0.2, 0.25) is 0 Å². The minimum Gasteiger partial charge on any atom is -0.482 e. The Kier molecular flexibility index (Phi) is 6.88. The van der Waals surface area contributed by atoms with Gasteiger partial charge in [0.15, 0.2) is 6.61 Å². The average Bonchev–Trinajstić information content (AvgIpc) is 3.01. The summed E-state index contributed by atoms with van der Waals surface area (Å²) < 4.78 is 10.1. The molecule has 1 heterocycles. The van der Waals surface area contributed by atoms with Crippen LogP contribution >= 0.6 is 11.8 Å². The first kappa shape index (κ1) is 21.1. The Hall–Kier alpha value is -3.57. The number of thioether (sulfide) groups is 1. The maximum atomic E-state index is 12.7. The van der Waals surface area contributed by atoms with Crippen molar-refractivity contribution in [3.8, 4) is 11.8 Å². The second-order valence-electron chi connectivity index (χ2n) is 6.20. The first-order valence-electron chi connectivity index (χ1n) is 9.13. The quantitative estimate of drug-likeness (QED) is 0.495. The van der Waals surface area contributed by atoms with Gasteiger partial charge in [0.1, 0.15) is 5.75 Å². The number of rotatable bonds is 7. The van der Waals surface area contributed by atoms with E-state index in [9.17, 15) is 19.6 Å². The molecule has 8 heteroatoms. The Morgan fingerprint density at radius 2 is 1.90 bits per heavy atom. The van der Waals surface area contributed by atoms with E-state index >= 15 is 0 Å². The summed E-state index contributed by atoms with van der Waals surface area (Å²) >= 11 is 0.856. The van der Waals surface area contributed by atoms with Gasteiger partial charge < -0.3 is 9.47 Å². The number of nitrogens with zero attached hydrogens (tertiary/aromatic N) is 2. The standard InChI is InChI=1S/C22H18N2O5S/c1-2-28-20(25)14-29-18-9-7-15(8-10-18)11-19-21(26)24(22(27)30-19)13-17-6-4-3-5-16(17)12-23/h3-11H,2,13-14H2,1H3/b19-11-. The number of carbonyl (C=O) groups is 3. The number of carbonyl (C=O) groups excluding carboxylic acids is 3. The highest BCUT2D eigenvalue weighted by atomic mass is 32.2. The maximum absolute atomic E-state index is 12.7. The third-order valence-electron chi connectivity index (χ3n) is 4.18. The van der Waals surface area contributed by atoms with Crippen LogP contribution < -0.4 is 4.74 Å². The summed E-state index contributed by atoms with van der Waals surface area (Å²) in [7, 11) is 0. The number of nitriles is 1. The molecule has 0 radical (unpaired) electrons. The Morgan fingerprint density at radius 3 is 2.60 bits per heavy atom. The van der Waals surface area contributed by atoms with E-state index in [4.69, 9.17) is 9.47 Å². The zero-order chi connectivity index (χ0) is 21.5. The van der Waals surface area contributed by atoms with Crippen molar-refractivity contribution in [3.05, 3.63) is 70.1 Å². The number of benzene rings is 2. The van der Waals surface area contributed by atoms with Crippen molar-refractivity contribution in [1.82, 2.24) is 4.90 Å². The molecule has 0 aromatic heterocycles. The fourth-order valence-corrected chi connectivity index (χ4v) is 3.57. The lowest BCUT2D eigenvalue weighted by molar-refractivity contribution is -0.145. The van der Waals surface area contributed by atoms with Crippen molar-refractivity contribution in [3.63, 3.8) is 0 Å². The molecule has 0 aliphatic carbocycles. The van der Waals surface area contributed by atoms with Gasteiger partial charge in [0.25, 0.3) is 11.1 Å². The molecule has 1 aliphatic heterocycles. The minimum atomic E-state index is -0.451. The highest BCUT2D eigenvalue weighted by Gasteiger charge is 2.35. The molecule has 7 nitrogen and oxygen atoms in total. The maximum Gasteiger partial charge on any atom is 0.344 e. The zero-order valence-corrected chi connectivity index (χ0v) is 17.0. The number of ether oxygens (including phenoxy) is 2. The molecular formula is C22H18N2O5S.